The van der Waals surface area contributed by atoms with Crippen molar-refractivity contribution in [1.82, 2.24) is 10.2 Å². The lowest BCUT2D eigenvalue weighted by Gasteiger charge is -2.33. The van der Waals surface area contributed by atoms with E-state index in [2.05, 4.69) is 5.32 Å². The Hall–Kier alpha value is -2.84. The van der Waals surface area contributed by atoms with Gasteiger partial charge in [0.2, 0.25) is 5.91 Å². The Morgan fingerprint density at radius 1 is 1.05 bits per heavy atom. The maximum Gasteiger partial charge on any atom is 0.326 e. The van der Waals surface area contributed by atoms with Crippen LogP contribution in [-0.2, 0) is 30.3 Å². The van der Waals surface area contributed by atoms with Gasteiger partial charge in [-0.3, -0.25) is 19.7 Å². The van der Waals surface area contributed by atoms with E-state index in [4.69, 9.17) is 9.47 Å². The van der Waals surface area contributed by atoms with E-state index >= 15 is 0 Å². The van der Waals surface area contributed by atoms with Crippen LogP contribution in [0.4, 0.5) is 0 Å². The molecule has 200 valence electrons. The van der Waals surface area contributed by atoms with E-state index in [0.29, 0.717) is 24.3 Å². The van der Waals surface area contributed by atoms with Crippen LogP contribution in [0, 0.1) is 0 Å². The molecule has 1 aliphatic heterocycles. The van der Waals surface area contributed by atoms with E-state index < -0.39 is 23.7 Å². The topological polar surface area (TPSA) is 84.9 Å². The van der Waals surface area contributed by atoms with Crippen LogP contribution in [0.1, 0.15) is 51.3 Å². The molecule has 0 radical (unpaired) electrons. The van der Waals surface area contributed by atoms with Gasteiger partial charge in [-0.25, -0.2) is 0 Å². The van der Waals surface area contributed by atoms with E-state index in [1.165, 1.54) is 0 Å². The molecule has 7 nitrogen and oxygen atoms in total. The first-order valence-electron chi connectivity index (χ1n) is 12.8. The van der Waals surface area contributed by atoms with Gasteiger partial charge in [0.05, 0.1) is 18.7 Å². The average molecular weight is 527 g/mol. The second-order valence-electron chi connectivity index (χ2n) is 10.1. The van der Waals surface area contributed by atoms with Gasteiger partial charge in [0.1, 0.15) is 18.2 Å². The van der Waals surface area contributed by atoms with Crippen LogP contribution >= 0.6 is 11.8 Å². The molecule has 1 saturated heterocycles. The lowest BCUT2D eigenvalue weighted by atomic mass is 10.0. The molecule has 8 heteroatoms. The number of aryl methyl sites for hydroxylation is 1. The minimum atomic E-state index is -0.660. The van der Waals surface area contributed by atoms with Crippen LogP contribution in [0.5, 0.6) is 0 Å². The highest BCUT2D eigenvalue weighted by atomic mass is 32.2. The first-order chi connectivity index (χ1) is 17.7. The molecule has 0 spiro atoms. The zero-order valence-corrected chi connectivity index (χ0v) is 23.0. The monoisotopic (exact) mass is 526 g/mol. The Kier molecular flexibility index (Phi) is 10.6. The molecule has 2 unspecified atom stereocenters. The highest BCUT2D eigenvalue weighted by molar-refractivity contribution is 7.99. The first-order valence-corrected chi connectivity index (χ1v) is 13.9. The van der Waals surface area contributed by atoms with Crippen molar-refractivity contribution in [2.24, 2.45) is 0 Å². The van der Waals surface area contributed by atoms with E-state index in [1.807, 2.05) is 60.7 Å². The summed E-state index contributed by atoms with van der Waals surface area (Å²) in [4.78, 5) is 41.2. The van der Waals surface area contributed by atoms with Crippen LogP contribution in [0.25, 0.3) is 0 Å². The molecule has 3 atom stereocenters. The van der Waals surface area contributed by atoms with Gasteiger partial charge in [0.15, 0.2) is 0 Å². The minimum absolute atomic E-state index is 0.164. The zero-order chi connectivity index (χ0) is 26.8. The molecule has 0 saturated carbocycles. The molecule has 0 aliphatic carbocycles. The van der Waals surface area contributed by atoms with Crippen molar-refractivity contribution in [1.29, 1.82) is 0 Å². The van der Waals surface area contributed by atoms with E-state index in [9.17, 15) is 14.4 Å². The van der Waals surface area contributed by atoms with Gasteiger partial charge in [0, 0.05) is 11.5 Å². The van der Waals surface area contributed by atoms with Crippen molar-refractivity contribution in [3.63, 3.8) is 0 Å². The third-order valence-electron chi connectivity index (χ3n) is 5.96. The maximum absolute atomic E-state index is 13.9. The van der Waals surface area contributed by atoms with Gasteiger partial charge in [-0.2, -0.15) is 11.8 Å². The highest BCUT2D eigenvalue weighted by Gasteiger charge is 2.38. The Morgan fingerprint density at radius 2 is 1.70 bits per heavy atom. The minimum Gasteiger partial charge on any atom is -0.465 e. The predicted molar refractivity (Wildman–Crippen MR) is 146 cm³/mol. The largest absolute Gasteiger partial charge is 0.465 e. The normalized spacial score (nSPS) is 19.1. The summed E-state index contributed by atoms with van der Waals surface area (Å²) >= 11 is 1.63. The fourth-order valence-corrected chi connectivity index (χ4v) is 5.50. The molecule has 0 aromatic heterocycles. The van der Waals surface area contributed by atoms with Crippen molar-refractivity contribution >= 4 is 29.6 Å². The van der Waals surface area contributed by atoms with Crippen LogP contribution < -0.4 is 5.32 Å². The summed E-state index contributed by atoms with van der Waals surface area (Å²) in [7, 11) is 0. The summed E-state index contributed by atoms with van der Waals surface area (Å²) in [5.41, 5.74) is 1.40. The smallest absolute Gasteiger partial charge is 0.326 e. The fourth-order valence-electron chi connectivity index (χ4n) is 4.29. The van der Waals surface area contributed by atoms with Crippen LogP contribution in [-0.4, -0.2) is 65.1 Å². The quantitative estimate of drug-likeness (QED) is 0.465. The van der Waals surface area contributed by atoms with Gasteiger partial charge in [-0.05, 0) is 51.7 Å². The number of carbonyl (C=O) groups is 3. The van der Waals surface area contributed by atoms with Crippen molar-refractivity contribution in [2.75, 3.05) is 24.7 Å². The predicted octanol–water partition coefficient (Wildman–Crippen LogP) is 4.17. The summed E-state index contributed by atoms with van der Waals surface area (Å²) in [6.45, 7) is 7.28. The number of nitrogens with one attached hydrogen (secondary N) is 1. The Balaban J connectivity index is 1.82. The number of carbonyl (C=O) groups excluding carboxylic acids is 3. The SMILES string of the molecule is CCOC(=O)[C@H](CCc1ccccc1)NC1CSCC(c2ccccc2)N(CC(=O)OC(C)(C)C)C1=O. The summed E-state index contributed by atoms with van der Waals surface area (Å²) in [5.74, 6) is 0.0509. The van der Waals surface area contributed by atoms with Crippen LogP contribution in [0.3, 0.4) is 0 Å². The molecular weight excluding hydrogens is 488 g/mol. The van der Waals surface area contributed by atoms with Gasteiger partial charge in [0.25, 0.3) is 0 Å². The Bertz CT molecular complexity index is 1030. The maximum atomic E-state index is 13.9. The number of hydrogen-bond donors (Lipinski definition) is 1. The van der Waals surface area contributed by atoms with Crippen molar-refractivity contribution in [2.45, 2.75) is 64.3 Å². The summed E-state index contributed by atoms with van der Waals surface area (Å²) < 4.78 is 10.9. The number of thioether (sulfide) groups is 1. The fraction of sp³-hybridized carbons (Fsp3) is 0.483. The molecule has 2 aromatic rings. The Labute approximate surface area is 224 Å². The second kappa shape index (κ2) is 13.6. The lowest BCUT2D eigenvalue weighted by Crippen LogP contribution is -2.54. The highest BCUT2D eigenvalue weighted by Crippen LogP contribution is 2.30. The van der Waals surface area contributed by atoms with Crippen LogP contribution in [0.15, 0.2) is 60.7 Å². The molecule has 1 aliphatic rings. The molecule has 0 bridgehead atoms. The summed E-state index contributed by atoms with van der Waals surface area (Å²) in [5, 5.41) is 3.29. The number of amides is 1. The molecule has 3 rings (SSSR count). The zero-order valence-electron chi connectivity index (χ0n) is 22.1. The molecular formula is C29H38N2O5S. The standard InChI is InChI=1S/C29H38N2O5S/c1-5-35-28(34)23(17-16-21-12-8-6-9-13-21)30-24-19-37-20-25(22-14-10-7-11-15-22)31(27(24)33)18-26(32)36-29(2,3)4/h6-15,23-25,30H,5,16-20H2,1-4H3/t23-,24?,25?/m0/s1. The molecule has 1 amide bonds. The van der Waals surface area contributed by atoms with Crippen molar-refractivity contribution in [3.05, 3.63) is 71.8 Å². The molecule has 2 aromatic carbocycles. The van der Waals surface area contributed by atoms with Gasteiger partial charge >= 0.3 is 11.9 Å². The first kappa shape index (κ1) is 28.7. The van der Waals surface area contributed by atoms with Crippen molar-refractivity contribution < 1.29 is 23.9 Å². The average Bonchev–Trinajstić information content (AvgIpc) is 3.00. The third kappa shape index (κ3) is 8.90. The molecule has 37 heavy (non-hydrogen) atoms. The van der Waals surface area contributed by atoms with Gasteiger partial charge in [-0.15, -0.1) is 0 Å². The number of rotatable bonds is 10. The number of hydrogen-bond acceptors (Lipinski definition) is 7. The van der Waals surface area contributed by atoms with E-state index in [0.717, 1.165) is 11.1 Å². The van der Waals surface area contributed by atoms with Gasteiger partial charge < -0.3 is 14.4 Å². The lowest BCUT2D eigenvalue weighted by molar-refractivity contribution is -0.160. The molecule has 1 fully saturated rings. The Morgan fingerprint density at radius 3 is 2.32 bits per heavy atom. The summed E-state index contributed by atoms with van der Waals surface area (Å²) in [6, 6.07) is 18.0. The molecule has 1 heterocycles. The third-order valence-corrected chi connectivity index (χ3v) is 7.08. The van der Waals surface area contributed by atoms with E-state index in [1.54, 1.807) is 44.4 Å². The number of benzene rings is 2. The summed E-state index contributed by atoms with van der Waals surface area (Å²) in [6.07, 6.45) is 1.16. The van der Waals surface area contributed by atoms with Crippen molar-refractivity contribution in [3.8, 4) is 0 Å². The number of esters is 2. The molecule has 1 N–H and O–H groups in total. The second-order valence-corrected chi connectivity index (χ2v) is 11.1. The number of nitrogens with zero attached hydrogens (tertiary/aromatic N) is 1. The van der Waals surface area contributed by atoms with Crippen LogP contribution in [0.2, 0.25) is 0 Å². The van der Waals surface area contributed by atoms with E-state index in [-0.39, 0.29) is 31.1 Å². The number of ether oxygens (including phenoxy) is 2. The van der Waals surface area contributed by atoms with Gasteiger partial charge in [-0.1, -0.05) is 60.7 Å².